The third-order valence-corrected chi connectivity index (χ3v) is 2.61. The molecule has 1 rings (SSSR count). The Morgan fingerprint density at radius 3 is 2.61 bits per heavy atom. The van der Waals surface area contributed by atoms with Gasteiger partial charge in [-0.2, -0.15) is 0 Å². The van der Waals surface area contributed by atoms with E-state index < -0.39 is 0 Å². The van der Waals surface area contributed by atoms with Gasteiger partial charge in [-0.25, -0.2) is 0 Å². The number of benzene rings is 1. The highest BCUT2D eigenvalue weighted by atomic mass is 16.1. The summed E-state index contributed by atoms with van der Waals surface area (Å²) in [6.45, 7) is 5.44. The van der Waals surface area contributed by atoms with Crippen LogP contribution in [-0.2, 0) is 4.79 Å². The van der Waals surface area contributed by atoms with Crippen molar-refractivity contribution in [2.45, 2.75) is 26.7 Å². The van der Waals surface area contributed by atoms with Crippen molar-refractivity contribution in [3.8, 4) is 0 Å². The number of amides is 1. The van der Waals surface area contributed by atoms with Gasteiger partial charge in [0.05, 0.1) is 0 Å². The number of carbonyl (C=O) groups is 1. The minimum Gasteiger partial charge on any atom is -0.385 e. The average molecular weight is 246 g/mol. The van der Waals surface area contributed by atoms with E-state index in [9.17, 15) is 4.79 Å². The Labute approximate surface area is 109 Å². The maximum absolute atomic E-state index is 11.6. The van der Waals surface area contributed by atoms with Crippen molar-refractivity contribution in [3.63, 3.8) is 0 Å². The van der Waals surface area contributed by atoms with Gasteiger partial charge in [0, 0.05) is 24.4 Å². The molecule has 0 atom stereocenters. The van der Waals surface area contributed by atoms with Gasteiger partial charge in [0.25, 0.3) is 0 Å². The van der Waals surface area contributed by atoms with E-state index in [4.69, 9.17) is 0 Å². The fourth-order valence-electron chi connectivity index (χ4n) is 1.62. The highest BCUT2D eigenvalue weighted by Gasteiger charge is 2.01. The third kappa shape index (κ3) is 5.53. The molecular weight excluding hydrogens is 224 g/mol. The summed E-state index contributed by atoms with van der Waals surface area (Å²) in [7, 11) is 0. The number of hydrogen-bond donors (Lipinski definition) is 2. The van der Waals surface area contributed by atoms with E-state index in [-0.39, 0.29) is 5.91 Å². The molecule has 0 unspecified atom stereocenters. The Morgan fingerprint density at radius 2 is 1.94 bits per heavy atom. The Morgan fingerprint density at radius 1 is 1.22 bits per heavy atom. The van der Waals surface area contributed by atoms with Crippen molar-refractivity contribution in [1.82, 2.24) is 5.32 Å². The number of para-hydroxylation sites is 1. The van der Waals surface area contributed by atoms with Crippen LogP contribution in [0.4, 0.5) is 5.69 Å². The Balaban J connectivity index is 2.12. The maximum atomic E-state index is 11.6. The Bertz CT molecular complexity index is 385. The van der Waals surface area contributed by atoms with Crippen LogP contribution in [0.15, 0.2) is 42.0 Å². The second kappa shape index (κ2) is 8.34. The lowest BCUT2D eigenvalue weighted by molar-refractivity contribution is -0.117. The van der Waals surface area contributed by atoms with Gasteiger partial charge in [-0.15, -0.1) is 0 Å². The minimum absolute atomic E-state index is 0.0385. The lowest BCUT2D eigenvalue weighted by atomic mass is 10.2. The van der Waals surface area contributed by atoms with Crippen molar-refractivity contribution in [3.05, 3.63) is 42.0 Å². The average Bonchev–Trinajstić information content (AvgIpc) is 2.39. The largest absolute Gasteiger partial charge is 0.385 e. The van der Waals surface area contributed by atoms with Crippen LogP contribution in [0.5, 0.6) is 0 Å². The molecule has 1 aromatic carbocycles. The molecule has 0 saturated heterocycles. The zero-order valence-electron chi connectivity index (χ0n) is 11.2. The first-order chi connectivity index (χ1) is 8.74. The van der Waals surface area contributed by atoms with Gasteiger partial charge in [-0.05, 0) is 31.9 Å². The molecule has 1 amide bonds. The fraction of sp³-hybridized carbons (Fsp3) is 0.400. The van der Waals surface area contributed by atoms with Crippen LogP contribution in [0, 0.1) is 0 Å². The molecule has 0 heterocycles. The predicted molar refractivity (Wildman–Crippen MR) is 76.6 cm³/mol. The molecule has 0 spiro atoms. The molecule has 0 fully saturated rings. The van der Waals surface area contributed by atoms with Crippen LogP contribution < -0.4 is 10.6 Å². The van der Waals surface area contributed by atoms with Crippen LogP contribution in [0.3, 0.4) is 0 Å². The fourth-order valence-corrected chi connectivity index (χ4v) is 1.62. The van der Waals surface area contributed by atoms with E-state index in [1.54, 1.807) is 0 Å². The Kier molecular flexibility index (Phi) is 6.62. The zero-order valence-corrected chi connectivity index (χ0v) is 11.2. The van der Waals surface area contributed by atoms with Gasteiger partial charge in [0.15, 0.2) is 0 Å². The normalized spacial score (nSPS) is 11.1. The highest BCUT2D eigenvalue weighted by molar-refractivity contribution is 5.92. The summed E-state index contributed by atoms with van der Waals surface area (Å²) in [5.41, 5.74) is 1.92. The number of hydrogen-bond acceptors (Lipinski definition) is 2. The van der Waals surface area contributed by atoms with E-state index in [2.05, 4.69) is 10.6 Å². The number of anilines is 1. The molecule has 0 aliphatic rings. The lowest BCUT2D eigenvalue weighted by Gasteiger charge is -2.07. The lowest BCUT2D eigenvalue weighted by Crippen LogP contribution is -2.26. The molecule has 0 aliphatic heterocycles. The van der Waals surface area contributed by atoms with Crippen molar-refractivity contribution < 1.29 is 4.79 Å². The van der Waals surface area contributed by atoms with E-state index in [1.807, 2.05) is 50.3 Å². The van der Waals surface area contributed by atoms with E-state index >= 15 is 0 Å². The first-order valence-corrected chi connectivity index (χ1v) is 6.48. The summed E-state index contributed by atoms with van der Waals surface area (Å²) in [6, 6.07) is 10.1. The van der Waals surface area contributed by atoms with Crippen LogP contribution in [-0.4, -0.2) is 19.0 Å². The van der Waals surface area contributed by atoms with E-state index in [1.165, 1.54) is 0 Å². The number of allylic oxidation sites excluding steroid dienone is 1. The maximum Gasteiger partial charge on any atom is 0.246 e. The topological polar surface area (TPSA) is 41.1 Å². The second-order valence-electron chi connectivity index (χ2n) is 4.20. The number of rotatable bonds is 7. The standard InChI is InChI=1S/C15H22N2O/c1-3-8-13(2)15(18)17-12-7-11-16-14-9-5-4-6-10-14/h4-6,8-10,16H,3,7,11-12H2,1-2H3,(H,17,18). The first-order valence-electron chi connectivity index (χ1n) is 6.48. The summed E-state index contributed by atoms with van der Waals surface area (Å²) in [5, 5.41) is 6.21. The quantitative estimate of drug-likeness (QED) is 0.573. The predicted octanol–water partition coefficient (Wildman–Crippen LogP) is 2.96. The van der Waals surface area contributed by atoms with E-state index in [0.717, 1.165) is 30.6 Å². The molecular formula is C15H22N2O. The second-order valence-corrected chi connectivity index (χ2v) is 4.20. The third-order valence-electron chi connectivity index (χ3n) is 2.61. The summed E-state index contributed by atoms with van der Waals surface area (Å²) in [5.74, 6) is 0.0385. The number of carbonyl (C=O) groups excluding carboxylic acids is 1. The molecule has 18 heavy (non-hydrogen) atoms. The SMILES string of the molecule is CCC=C(C)C(=O)NCCCNc1ccccc1. The molecule has 0 saturated carbocycles. The van der Waals surface area contributed by atoms with Crippen LogP contribution in [0.25, 0.3) is 0 Å². The minimum atomic E-state index is 0.0385. The molecule has 0 radical (unpaired) electrons. The first kappa shape index (κ1) is 14.3. The number of nitrogens with one attached hydrogen (secondary N) is 2. The molecule has 2 N–H and O–H groups in total. The van der Waals surface area contributed by atoms with Crippen LogP contribution >= 0.6 is 0 Å². The van der Waals surface area contributed by atoms with Crippen molar-refractivity contribution in [2.75, 3.05) is 18.4 Å². The van der Waals surface area contributed by atoms with E-state index in [0.29, 0.717) is 6.54 Å². The zero-order chi connectivity index (χ0) is 13.2. The van der Waals surface area contributed by atoms with Gasteiger partial charge < -0.3 is 10.6 Å². The van der Waals surface area contributed by atoms with Gasteiger partial charge >= 0.3 is 0 Å². The van der Waals surface area contributed by atoms with Gasteiger partial charge in [0.2, 0.25) is 5.91 Å². The molecule has 1 aromatic rings. The van der Waals surface area contributed by atoms with Gasteiger partial charge in [-0.3, -0.25) is 4.79 Å². The van der Waals surface area contributed by atoms with Crippen LogP contribution in [0.2, 0.25) is 0 Å². The highest BCUT2D eigenvalue weighted by Crippen LogP contribution is 2.04. The summed E-state index contributed by atoms with van der Waals surface area (Å²) < 4.78 is 0. The van der Waals surface area contributed by atoms with Gasteiger partial charge in [0.1, 0.15) is 0 Å². The van der Waals surface area contributed by atoms with Gasteiger partial charge in [-0.1, -0.05) is 31.2 Å². The molecule has 98 valence electrons. The van der Waals surface area contributed by atoms with Crippen molar-refractivity contribution in [1.29, 1.82) is 0 Å². The molecule has 0 aromatic heterocycles. The smallest absolute Gasteiger partial charge is 0.246 e. The van der Waals surface area contributed by atoms with Crippen molar-refractivity contribution in [2.24, 2.45) is 0 Å². The molecule has 3 heteroatoms. The van der Waals surface area contributed by atoms with Crippen LogP contribution in [0.1, 0.15) is 26.7 Å². The molecule has 0 bridgehead atoms. The summed E-state index contributed by atoms with van der Waals surface area (Å²) in [4.78, 5) is 11.6. The molecule has 0 aliphatic carbocycles. The summed E-state index contributed by atoms with van der Waals surface area (Å²) in [6.07, 6.45) is 3.76. The Hall–Kier alpha value is -1.77. The van der Waals surface area contributed by atoms with Crippen molar-refractivity contribution >= 4 is 11.6 Å². The summed E-state index contributed by atoms with van der Waals surface area (Å²) >= 11 is 0. The molecule has 3 nitrogen and oxygen atoms in total. The monoisotopic (exact) mass is 246 g/mol.